The molecule has 1 unspecified atom stereocenters. The fourth-order valence-electron chi connectivity index (χ4n) is 5.63. The van der Waals surface area contributed by atoms with Gasteiger partial charge in [0.2, 0.25) is 0 Å². The van der Waals surface area contributed by atoms with Crippen LogP contribution in [-0.2, 0) is 20.6 Å². The van der Waals surface area contributed by atoms with Gasteiger partial charge in [-0.3, -0.25) is 9.59 Å². The molecule has 0 fully saturated rings. The maximum Gasteiger partial charge on any atom is 0.407 e. The quantitative estimate of drug-likeness (QED) is 0.128. The van der Waals surface area contributed by atoms with Crippen LogP contribution in [-0.4, -0.2) is 68.9 Å². The van der Waals surface area contributed by atoms with Gasteiger partial charge in [0.1, 0.15) is 40.8 Å². The van der Waals surface area contributed by atoms with E-state index in [-0.39, 0.29) is 17.2 Å². The summed E-state index contributed by atoms with van der Waals surface area (Å²) in [5.41, 5.74) is 1.86. The van der Waals surface area contributed by atoms with Crippen molar-refractivity contribution in [1.29, 1.82) is 0 Å². The van der Waals surface area contributed by atoms with Gasteiger partial charge < -0.3 is 43.6 Å². The van der Waals surface area contributed by atoms with E-state index in [2.05, 4.69) is 10.6 Å². The number of anilines is 1. The number of alkyl carbamates (subject to hydrolysis) is 1. The van der Waals surface area contributed by atoms with E-state index in [1.807, 2.05) is 39.0 Å². The van der Waals surface area contributed by atoms with Gasteiger partial charge >= 0.3 is 6.09 Å². The van der Waals surface area contributed by atoms with E-state index in [0.29, 0.717) is 62.5 Å². The summed E-state index contributed by atoms with van der Waals surface area (Å²) >= 11 is 0. The van der Waals surface area contributed by atoms with Gasteiger partial charge in [-0.2, -0.15) is 0 Å². The number of hydrogen-bond acceptors (Lipinski definition) is 9. The average molecular weight is 700 g/mol. The molecule has 0 saturated heterocycles. The molecule has 1 aromatic heterocycles. The first-order valence-corrected chi connectivity index (χ1v) is 16.9. The summed E-state index contributed by atoms with van der Waals surface area (Å²) in [5, 5.41) is 5.46. The zero-order valence-corrected chi connectivity index (χ0v) is 29.4. The summed E-state index contributed by atoms with van der Waals surface area (Å²) in [4.78, 5) is 38.2. The van der Waals surface area contributed by atoms with Gasteiger partial charge in [-0.25, -0.2) is 4.79 Å². The Labute approximate surface area is 297 Å². The monoisotopic (exact) mass is 699 g/mol. The van der Waals surface area contributed by atoms with E-state index < -0.39 is 17.6 Å². The van der Waals surface area contributed by atoms with Crippen LogP contribution in [0.15, 0.2) is 89.9 Å². The fourth-order valence-corrected chi connectivity index (χ4v) is 5.63. The number of hydrogen-bond donors (Lipinski definition) is 2. The van der Waals surface area contributed by atoms with Crippen LogP contribution in [0.1, 0.15) is 54.7 Å². The summed E-state index contributed by atoms with van der Waals surface area (Å²) in [5.74, 6) is 2.20. The van der Waals surface area contributed by atoms with Crippen LogP contribution in [0.4, 0.5) is 10.5 Å². The number of amides is 2. The SMILES string of the molecule is COc1cccc2c1CCC2n1cccc(C(=O)Nc2ccc(Oc3ccc(OCCOCCOCCNC(=O)OC(C)(C)C)cc3)cc2)c1=O. The Morgan fingerprint density at radius 3 is 2.20 bits per heavy atom. The Morgan fingerprint density at radius 2 is 1.49 bits per heavy atom. The van der Waals surface area contributed by atoms with Crippen LogP contribution in [0.2, 0.25) is 0 Å². The van der Waals surface area contributed by atoms with Crippen molar-refractivity contribution in [2.24, 2.45) is 0 Å². The number of methoxy groups -OCH3 is 1. The number of fused-ring (bicyclic) bond motifs is 1. The highest BCUT2D eigenvalue weighted by Crippen LogP contribution is 2.38. The molecular formula is C39H45N3O9. The normalized spacial score (nSPS) is 13.6. The topological polar surface area (TPSA) is 136 Å². The fraction of sp³-hybridized carbons (Fsp3) is 0.359. The van der Waals surface area contributed by atoms with Crippen molar-refractivity contribution < 1.29 is 38.0 Å². The summed E-state index contributed by atoms with van der Waals surface area (Å²) in [6, 6.07) is 23.1. The number of rotatable bonds is 16. The lowest BCUT2D eigenvalue weighted by molar-refractivity contribution is 0.0327. The Hall–Kier alpha value is -5.33. The van der Waals surface area contributed by atoms with E-state index in [1.165, 1.54) is 0 Å². The van der Waals surface area contributed by atoms with Crippen LogP contribution in [0.3, 0.4) is 0 Å². The molecule has 0 bridgehead atoms. The standard InChI is InChI=1S/C39H45N3O9/c1-39(2,3)51-38(45)40-20-22-47-23-24-48-25-26-49-28-14-16-30(17-15-28)50-29-12-10-27(11-13-29)41-36(43)33-8-6-21-42(37(33)44)34-19-18-32-31(34)7-5-9-35(32)46-4/h5-17,21,34H,18-20,22-26H2,1-4H3,(H,40,45)(H,41,43). The number of benzene rings is 3. The van der Waals surface area contributed by atoms with Crippen molar-refractivity contribution in [2.45, 2.75) is 45.3 Å². The predicted molar refractivity (Wildman–Crippen MR) is 192 cm³/mol. The summed E-state index contributed by atoms with van der Waals surface area (Å²) in [6.45, 7) is 7.71. The number of pyridine rings is 1. The molecule has 5 rings (SSSR count). The number of carbonyl (C=O) groups is 2. The first kappa shape index (κ1) is 36.9. The Balaban J connectivity index is 1.01. The van der Waals surface area contributed by atoms with E-state index >= 15 is 0 Å². The maximum absolute atomic E-state index is 13.4. The second kappa shape index (κ2) is 17.6. The largest absolute Gasteiger partial charge is 0.496 e. The molecule has 1 heterocycles. The predicted octanol–water partition coefficient (Wildman–Crippen LogP) is 6.37. The first-order valence-electron chi connectivity index (χ1n) is 16.9. The second-order valence-corrected chi connectivity index (χ2v) is 12.8. The smallest absolute Gasteiger partial charge is 0.407 e. The molecule has 1 aliphatic carbocycles. The van der Waals surface area contributed by atoms with Gasteiger partial charge in [0.15, 0.2) is 0 Å². The molecule has 0 spiro atoms. The van der Waals surface area contributed by atoms with Crippen molar-refractivity contribution in [3.8, 4) is 23.0 Å². The molecule has 4 aromatic rings. The van der Waals surface area contributed by atoms with Crippen molar-refractivity contribution in [2.75, 3.05) is 52.0 Å². The molecule has 0 saturated carbocycles. The lowest BCUT2D eigenvalue weighted by atomic mass is 10.1. The Kier molecular flexibility index (Phi) is 12.7. The Morgan fingerprint density at radius 1 is 0.824 bits per heavy atom. The molecule has 0 radical (unpaired) electrons. The van der Waals surface area contributed by atoms with E-state index in [0.717, 1.165) is 29.7 Å². The van der Waals surface area contributed by atoms with Gasteiger partial charge in [0, 0.05) is 18.4 Å². The highest BCUT2D eigenvalue weighted by atomic mass is 16.6. The lowest BCUT2D eigenvalue weighted by Crippen LogP contribution is -2.34. The van der Waals surface area contributed by atoms with Crippen molar-refractivity contribution in [1.82, 2.24) is 9.88 Å². The second-order valence-electron chi connectivity index (χ2n) is 12.8. The summed E-state index contributed by atoms with van der Waals surface area (Å²) < 4.78 is 34.9. The number of carbonyl (C=O) groups excluding carboxylic acids is 2. The molecule has 270 valence electrons. The minimum Gasteiger partial charge on any atom is -0.496 e. The van der Waals surface area contributed by atoms with E-state index in [4.69, 9.17) is 28.4 Å². The zero-order chi connectivity index (χ0) is 36.2. The Bertz CT molecular complexity index is 1820. The van der Waals surface area contributed by atoms with Gasteiger partial charge in [-0.15, -0.1) is 0 Å². The third kappa shape index (κ3) is 10.6. The molecule has 12 heteroatoms. The van der Waals surface area contributed by atoms with Gasteiger partial charge in [-0.05, 0) is 111 Å². The summed E-state index contributed by atoms with van der Waals surface area (Å²) in [6.07, 6.45) is 2.82. The molecule has 51 heavy (non-hydrogen) atoms. The third-order valence-electron chi connectivity index (χ3n) is 7.93. The highest BCUT2D eigenvalue weighted by molar-refractivity contribution is 6.04. The molecular weight excluding hydrogens is 654 g/mol. The van der Waals surface area contributed by atoms with Crippen LogP contribution < -0.4 is 30.4 Å². The average Bonchev–Trinajstić information content (AvgIpc) is 3.54. The van der Waals surface area contributed by atoms with Gasteiger partial charge in [-0.1, -0.05) is 12.1 Å². The first-order chi connectivity index (χ1) is 24.6. The van der Waals surface area contributed by atoms with Crippen LogP contribution in [0.25, 0.3) is 0 Å². The minimum absolute atomic E-state index is 0.0682. The van der Waals surface area contributed by atoms with Crippen LogP contribution in [0, 0.1) is 0 Å². The van der Waals surface area contributed by atoms with E-state index in [1.54, 1.807) is 78.5 Å². The van der Waals surface area contributed by atoms with Crippen molar-refractivity contribution >= 4 is 17.7 Å². The van der Waals surface area contributed by atoms with Gasteiger partial charge in [0.25, 0.3) is 11.5 Å². The van der Waals surface area contributed by atoms with Crippen molar-refractivity contribution in [3.05, 3.63) is 112 Å². The molecule has 2 N–H and O–H groups in total. The third-order valence-corrected chi connectivity index (χ3v) is 7.93. The number of aromatic nitrogens is 1. The maximum atomic E-state index is 13.4. The molecule has 2 amide bonds. The number of nitrogens with one attached hydrogen (secondary N) is 2. The van der Waals surface area contributed by atoms with Crippen LogP contribution in [0.5, 0.6) is 23.0 Å². The van der Waals surface area contributed by atoms with Crippen molar-refractivity contribution in [3.63, 3.8) is 0 Å². The summed E-state index contributed by atoms with van der Waals surface area (Å²) in [7, 11) is 1.64. The molecule has 1 atom stereocenters. The minimum atomic E-state index is -0.533. The zero-order valence-electron chi connectivity index (χ0n) is 29.4. The van der Waals surface area contributed by atoms with Crippen LogP contribution >= 0.6 is 0 Å². The molecule has 1 aliphatic rings. The molecule has 3 aromatic carbocycles. The number of ether oxygens (including phenoxy) is 6. The van der Waals surface area contributed by atoms with Gasteiger partial charge in [0.05, 0.1) is 39.6 Å². The highest BCUT2D eigenvalue weighted by Gasteiger charge is 2.28. The van der Waals surface area contributed by atoms with E-state index in [9.17, 15) is 14.4 Å². The molecule has 12 nitrogen and oxygen atoms in total. The number of nitrogens with zero attached hydrogens (tertiary/aromatic N) is 1. The molecule has 0 aliphatic heterocycles. The lowest BCUT2D eigenvalue weighted by Gasteiger charge is -2.19.